The Balaban J connectivity index is 0.00000289. The fraction of sp³-hybridized carbons (Fsp3) is 0.478. The van der Waals surface area contributed by atoms with Crippen LogP contribution in [-0.4, -0.2) is 54.1 Å². The number of amides is 1. The van der Waals surface area contributed by atoms with Crippen LogP contribution in [0.3, 0.4) is 0 Å². The number of alkyl halides is 1. The average Bonchev–Trinajstić information content (AvgIpc) is 3.16. The number of carbonyl (C=O) groups excluding carboxylic acids is 1. The van der Waals surface area contributed by atoms with Crippen molar-refractivity contribution in [2.75, 3.05) is 26.5 Å². The van der Waals surface area contributed by atoms with Crippen LogP contribution in [0, 0.1) is 12.7 Å². The van der Waals surface area contributed by atoms with Crippen molar-refractivity contribution in [1.29, 1.82) is 0 Å². The topological polar surface area (TPSA) is 60.9 Å². The van der Waals surface area contributed by atoms with E-state index in [4.69, 9.17) is 14.2 Å². The zero-order valence-corrected chi connectivity index (χ0v) is 17.9. The summed E-state index contributed by atoms with van der Waals surface area (Å²) in [5.74, 6) is -0.0652. The molecule has 168 valence electrons. The number of halogens is 2. The highest BCUT2D eigenvalue weighted by atomic mass is 19.1. The molecule has 0 aliphatic carbocycles. The fourth-order valence-corrected chi connectivity index (χ4v) is 4.07. The summed E-state index contributed by atoms with van der Waals surface area (Å²) < 4.78 is 45.2. The molecular weight excluding hydrogens is 406 g/mol. The summed E-state index contributed by atoms with van der Waals surface area (Å²) in [6.07, 6.45) is 1.40. The molecule has 31 heavy (non-hydrogen) atoms. The quantitative estimate of drug-likeness (QED) is 0.712. The zero-order valence-electron chi connectivity index (χ0n) is 17.9. The summed E-state index contributed by atoms with van der Waals surface area (Å²) in [4.78, 5) is 19.0. The smallest absolute Gasteiger partial charge is 0.253 e. The molecule has 0 unspecified atom stereocenters. The molecule has 0 spiro atoms. The van der Waals surface area contributed by atoms with Gasteiger partial charge in [0.15, 0.2) is 0 Å². The van der Waals surface area contributed by atoms with Crippen LogP contribution < -0.4 is 4.74 Å². The van der Waals surface area contributed by atoms with Crippen LogP contribution in [0.4, 0.5) is 8.78 Å². The Bertz CT molecular complexity index is 985. The van der Waals surface area contributed by atoms with Crippen molar-refractivity contribution in [3.05, 3.63) is 59.2 Å². The SMILES string of the molecule is Cc1cc(C(=O)N2CC[C@]3(c4ncccc4F)OCO[C@@H]3C2)ccc1OCC(C)(C)F.[HH]. The Morgan fingerprint density at radius 1 is 1.42 bits per heavy atom. The molecule has 2 atom stereocenters. The van der Waals surface area contributed by atoms with E-state index in [2.05, 4.69) is 4.98 Å². The molecule has 2 aliphatic rings. The third-order valence-corrected chi connectivity index (χ3v) is 5.68. The minimum Gasteiger partial charge on any atom is -0.490 e. The molecule has 2 aromatic rings. The molecule has 2 aliphatic heterocycles. The van der Waals surface area contributed by atoms with Crippen LogP contribution in [0.1, 0.15) is 43.3 Å². The second-order valence-electron chi connectivity index (χ2n) is 8.63. The summed E-state index contributed by atoms with van der Waals surface area (Å²) in [7, 11) is 0. The second-order valence-corrected chi connectivity index (χ2v) is 8.63. The standard InChI is InChI=1S/C23H26F2N2O4.H2/c1-15-11-16(6-7-18(15)29-13-22(2,3)25)21(28)27-10-8-23(19(12-27)30-14-31-23)20-17(24)5-4-9-26-20;/h4-7,9,11,19H,8,10,12-14H2,1-3H3;1H/t19-,23+;/m1./s1. The highest BCUT2D eigenvalue weighted by Crippen LogP contribution is 2.42. The van der Waals surface area contributed by atoms with E-state index < -0.39 is 23.2 Å². The van der Waals surface area contributed by atoms with Gasteiger partial charge in [0.05, 0.1) is 6.54 Å². The van der Waals surface area contributed by atoms with Crippen molar-refractivity contribution < 1.29 is 29.2 Å². The molecular formula is C23H28F2N2O4. The summed E-state index contributed by atoms with van der Waals surface area (Å²) in [6.45, 7) is 5.31. The van der Waals surface area contributed by atoms with Gasteiger partial charge < -0.3 is 19.1 Å². The molecule has 3 heterocycles. The minimum absolute atomic E-state index is 0. The van der Waals surface area contributed by atoms with Gasteiger partial charge >= 0.3 is 0 Å². The number of pyridine rings is 1. The first-order chi connectivity index (χ1) is 14.7. The monoisotopic (exact) mass is 434 g/mol. The van der Waals surface area contributed by atoms with Crippen LogP contribution in [-0.2, 0) is 15.1 Å². The molecule has 0 bridgehead atoms. The largest absolute Gasteiger partial charge is 0.490 e. The van der Waals surface area contributed by atoms with E-state index >= 15 is 0 Å². The molecule has 4 rings (SSSR count). The zero-order chi connectivity index (χ0) is 22.2. The predicted molar refractivity (Wildman–Crippen MR) is 111 cm³/mol. The van der Waals surface area contributed by atoms with Gasteiger partial charge in [-0.1, -0.05) is 0 Å². The van der Waals surface area contributed by atoms with Gasteiger partial charge in [0.2, 0.25) is 0 Å². The van der Waals surface area contributed by atoms with Gasteiger partial charge in [-0.05, 0) is 56.7 Å². The van der Waals surface area contributed by atoms with Crippen molar-refractivity contribution in [3.63, 3.8) is 0 Å². The third kappa shape index (κ3) is 4.27. The van der Waals surface area contributed by atoms with Gasteiger partial charge in [-0.2, -0.15) is 0 Å². The Kier molecular flexibility index (Phi) is 5.70. The lowest BCUT2D eigenvalue weighted by atomic mass is 9.84. The van der Waals surface area contributed by atoms with Crippen LogP contribution in [0.5, 0.6) is 5.75 Å². The Morgan fingerprint density at radius 3 is 2.94 bits per heavy atom. The van der Waals surface area contributed by atoms with E-state index in [1.54, 1.807) is 23.1 Å². The number of hydrogen-bond acceptors (Lipinski definition) is 5. The van der Waals surface area contributed by atoms with E-state index in [0.29, 0.717) is 24.3 Å². The van der Waals surface area contributed by atoms with Crippen molar-refractivity contribution in [2.24, 2.45) is 0 Å². The maximum atomic E-state index is 14.4. The summed E-state index contributed by atoms with van der Waals surface area (Å²) in [5, 5.41) is 0. The Morgan fingerprint density at radius 2 is 2.23 bits per heavy atom. The molecule has 0 N–H and O–H groups in total. The number of piperidine rings is 1. The molecule has 0 radical (unpaired) electrons. The number of fused-ring (bicyclic) bond motifs is 1. The highest BCUT2D eigenvalue weighted by molar-refractivity contribution is 5.94. The summed E-state index contributed by atoms with van der Waals surface area (Å²) in [5.41, 5.74) is -0.970. The lowest BCUT2D eigenvalue weighted by Crippen LogP contribution is -2.54. The van der Waals surface area contributed by atoms with E-state index in [1.807, 2.05) is 6.92 Å². The van der Waals surface area contributed by atoms with Crippen LogP contribution in [0.15, 0.2) is 36.5 Å². The first-order valence-corrected chi connectivity index (χ1v) is 10.3. The number of rotatable bonds is 5. The van der Waals surface area contributed by atoms with Gasteiger partial charge in [-0.15, -0.1) is 0 Å². The number of benzene rings is 1. The van der Waals surface area contributed by atoms with Crippen molar-refractivity contribution in [1.82, 2.24) is 9.88 Å². The minimum atomic E-state index is -1.45. The van der Waals surface area contributed by atoms with Crippen molar-refractivity contribution >= 4 is 5.91 Å². The molecule has 2 saturated heterocycles. The van der Waals surface area contributed by atoms with Crippen LogP contribution in [0.25, 0.3) is 0 Å². The van der Waals surface area contributed by atoms with Gasteiger partial charge in [0, 0.05) is 26.2 Å². The maximum Gasteiger partial charge on any atom is 0.253 e. The number of aryl methyl sites for hydroxylation is 1. The number of nitrogens with zero attached hydrogens (tertiary/aromatic N) is 2. The van der Waals surface area contributed by atoms with Gasteiger partial charge in [-0.3, -0.25) is 9.78 Å². The van der Waals surface area contributed by atoms with E-state index in [9.17, 15) is 13.6 Å². The van der Waals surface area contributed by atoms with Crippen LogP contribution in [0.2, 0.25) is 0 Å². The number of hydrogen-bond donors (Lipinski definition) is 0. The lowest BCUT2D eigenvalue weighted by molar-refractivity contribution is -0.0494. The Labute approximate surface area is 181 Å². The normalized spacial score (nSPS) is 23.5. The molecule has 0 saturated carbocycles. The first-order valence-electron chi connectivity index (χ1n) is 10.3. The van der Waals surface area contributed by atoms with E-state index in [0.717, 1.165) is 5.56 Å². The predicted octanol–water partition coefficient (Wildman–Crippen LogP) is 4.02. The first kappa shape index (κ1) is 21.6. The summed E-state index contributed by atoms with van der Waals surface area (Å²) in [6, 6.07) is 7.96. The lowest BCUT2D eigenvalue weighted by Gasteiger charge is -2.41. The van der Waals surface area contributed by atoms with Gasteiger partial charge in [0.25, 0.3) is 5.91 Å². The highest BCUT2D eigenvalue weighted by Gasteiger charge is 2.53. The molecule has 1 amide bonds. The molecule has 6 nitrogen and oxygen atoms in total. The summed E-state index contributed by atoms with van der Waals surface area (Å²) >= 11 is 0. The average molecular weight is 434 g/mol. The molecule has 1 aromatic heterocycles. The van der Waals surface area contributed by atoms with E-state index in [1.165, 1.54) is 32.2 Å². The second kappa shape index (κ2) is 8.16. The van der Waals surface area contributed by atoms with Gasteiger partial charge in [0.1, 0.15) is 48.0 Å². The number of likely N-dealkylation sites (tertiary alicyclic amines) is 1. The van der Waals surface area contributed by atoms with Crippen molar-refractivity contribution in [3.8, 4) is 5.75 Å². The van der Waals surface area contributed by atoms with E-state index in [-0.39, 0.29) is 33.0 Å². The Hall–Kier alpha value is -2.58. The van der Waals surface area contributed by atoms with Crippen molar-refractivity contribution in [2.45, 2.75) is 44.6 Å². The number of ether oxygens (including phenoxy) is 3. The number of carbonyl (C=O) groups is 1. The van der Waals surface area contributed by atoms with Crippen LogP contribution >= 0.6 is 0 Å². The maximum absolute atomic E-state index is 14.4. The molecule has 8 heteroatoms. The molecule has 1 aromatic carbocycles. The third-order valence-electron chi connectivity index (χ3n) is 5.68. The van der Waals surface area contributed by atoms with Gasteiger partial charge in [-0.25, -0.2) is 8.78 Å². The molecule has 2 fully saturated rings. The number of aromatic nitrogens is 1. The fourth-order valence-electron chi connectivity index (χ4n) is 4.07.